The molecular weight excluding hydrogens is 384 g/mol. The van der Waals surface area contributed by atoms with E-state index in [4.69, 9.17) is 4.74 Å². The first-order valence-electron chi connectivity index (χ1n) is 12.0. The van der Waals surface area contributed by atoms with Gasteiger partial charge in [0.2, 0.25) is 0 Å². The van der Waals surface area contributed by atoms with E-state index in [1.807, 2.05) is 0 Å². The monoisotopic (exact) mass is 412 g/mol. The molecule has 8 rings (SSSR count). The van der Waals surface area contributed by atoms with Crippen LogP contribution < -0.4 is 4.74 Å². The van der Waals surface area contributed by atoms with Gasteiger partial charge in [-0.05, 0) is 67.8 Å². The first-order valence-corrected chi connectivity index (χ1v) is 12.0. The van der Waals surface area contributed by atoms with E-state index in [2.05, 4.69) is 53.2 Å². The molecule has 1 saturated heterocycles. The summed E-state index contributed by atoms with van der Waals surface area (Å²) in [6.45, 7) is 4.36. The standard InChI is InChI=1S/C27H28N2O2/c1-15-6-9-17-12-21-27(30)13-19-18-4-2-3-5-20(18)28-23(19)25-26(27,22(17)24(15)31-25)10-11-29(21)14-16-7-8-16/h2-6,9,16,21,25,28,30H,7-8,10-14H2,1H3/t21-,25-,26-,27+/m0/s1. The molecule has 3 heterocycles. The average Bonchev–Trinajstić information content (AvgIpc) is 3.40. The topological polar surface area (TPSA) is 48.5 Å². The lowest BCUT2D eigenvalue weighted by atomic mass is 9.49. The predicted octanol–water partition coefficient (Wildman–Crippen LogP) is 4.18. The Hall–Kier alpha value is -2.30. The number of hydrogen-bond acceptors (Lipinski definition) is 3. The van der Waals surface area contributed by atoms with Crippen LogP contribution in [0.1, 0.15) is 53.3 Å². The minimum Gasteiger partial charge on any atom is -0.483 e. The van der Waals surface area contributed by atoms with Gasteiger partial charge in [-0.2, -0.15) is 0 Å². The number of likely N-dealkylation sites (tertiary alicyclic amines) is 1. The molecule has 1 spiro atoms. The van der Waals surface area contributed by atoms with Crippen LogP contribution in [0.4, 0.5) is 0 Å². The van der Waals surface area contributed by atoms with Gasteiger partial charge in [-0.25, -0.2) is 0 Å². The highest BCUT2D eigenvalue weighted by molar-refractivity contribution is 5.86. The summed E-state index contributed by atoms with van der Waals surface area (Å²) in [6, 6.07) is 13.3. The molecule has 2 fully saturated rings. The van der Waals surface area contributed by atoms with E-state index in [0.717, 1.165) is 43.1 Å². The maximum absolute atomic E-state index is 12.8. The van der Waals surface area contributed by atoms with Crippen molar-refractivity contribution >= 4 is 10.9 Å². The molecule has 0 amide bonds. The van der Waals surface area contributed by atoms with Gasteiger partial charge in [0.1, 0.15) is 5.75 Å². The second-order valence-corrected chi connectivity index (χ2v) is 10.8. The van der Waals surface area contributed by atoms with Gasteiger partial charge in [0.05, 0.1) is 16.7 Å². The van der Waals surface area contributed by atoms with Crippen LogP contribution in [-0.4, -0.2) is 39.7 Å². The molecule has 158 valence electrons. The highest BCUT2D eigenvalue weighted by Gasteiger charge is 2.72. The maximum atomic E-state index is 12.8. The fourth-order valence-corrected chi connectivity index (χ4v) is 7.72. The molecule has 4 nitrogen and oxygen atoms in total. The molecule has 2 aliphatic heterocycles. The molecule has 4 heteroatoms. The van der Waals surface area contributed by atoms with Gasteiger partial charge in [-0.1, -0.05) is 30.3 Å². The Morgan fingerprint density at radius 1 is 1.19 bits per heavy atom. The van der Waals surface area contributed by atoms with Crippen LogP contribution >= 0.6 is 0 Å². The van der Waals surface area contributed by atoms with Gasteiger partial charge >= 0.3 is 0 Å². The van der Waals surface area contributed by atoms with Crippen molar-refractivity contribution < 1.29 is 9.84 Å². The van der Waals surface area contributed by atoms with E-state index in [0.29, 0.717) is 6.42 Å². The number of H-pyrrole nitrogens is 1. The summed E-state index contributed by atoms with van der Waals surface area (Å²) >= 11 is 0. The molecule has 3 aliphatic carbocycles. The molecular formula is C27H28N2O2. The number of para-hydroxylation sites is 1. The Morgan fingerprint density at radius 2 is 2.06 bits per heavy atom. The highest BCUT2D eigenvalue weighted by Crippen LogP contribution is 2.68. The molecule has 5 aliphatic rings. The molecule has 0 unspecified atom stereocenters. The lowest BCUT2D eigenvalue weighted by Crippen LogP contribution is -2.74. The van der Waals surface area contributed by atoms with Crippen molar-refractivity contribution in [2.24, 2.45) is 5.92 Å². The molecule has 2 bridgehead atoms. The summed E-state index contributed by atoms with van der Waals surface area (Å²) in [5.74, 6) is 1.87. The zero-order chi connectivity index (χ0) is 20.5. The van der Waals surface area contributed by atoms with Crippen LogP contribution in [0.15, 0.2) is 36.4 Å². The zero-order valence-corrected chi connectivity index (χ0v) is 17.9. The lowest BCUT2D eigenvalue weighted by Gasteiger charge is -2.62. The van der Waals surface area contributed by atoms with E-state index in [-0.39, 0.29) is 17.6 Å². The number of nitrogens with zero attached hydrogens (tertiary/aromatic N) is 1. The van der Waals surface area contributed by atoms with Gasteiger partial charge in [-0.15, -0.1) is 0 Å². The number of aliphatic hydroxyl groups is 1. The fraction of sp³-hybridized carbons (Fsp3) is 0.481. The number of aryl methyl sites for hydroxylation is 1. The lowest BCUT2D eigenvalue weighted by molar-refractivity contribution is -0.173. The van der Waals surface area contributed by atoms with Crippen LogP contribution in [-0.2, 0) is 18.3 Å². The SMILES string of the molecule is Cc1ccc2c3c1O[C@H]1c4[nH]c5ccccc5c4C[C@@]4(O)[C@H](C2)N(CC2CC2)CC[C@]314. The van der Waals surface area contributed by atoms with Gasteiger partial charge in [0.25, 0.3) is 0 Å². The third-order valence-corrected chi connectivity index (χ3v) is 9.29. The Morgan fingerprint density at radius 3 is 2.94 bits per heavy atom. The summed E-state index contributed by atoms with van der Waals surface area (Å²) in [5.41, 5.74) is 6.41. The van der Waals surface area contributed by atoms with Crippen LogP contribution in [0.25, 0.3) is 10.9 Å². The number of piperidine rings is 1. The van der Waals surface area contributed by atoms with E-state index >= 15 is 0 Å². The third kappa shape index (κ3) is 1.88. The first kappa shape index (κ1) is 17.3. The van der Waals surface area contributed by atoms with Crippen LogP contribution in [0.5, 0.6) is 5.75 Å². The van der Waals surface area contributed by atoms with Crippen molar-refractivity contribution in [3.63, 3.8) is 0 Å². The van der Waals surface area contributed by atoms with Crippen molar-refractivity contribution in [2.45, 2.75) is 62.2 Å². The molecule has 2 aromatic carbocycles. The second kappa shape index (κ2) is 5.36. The molecule has 2 N–H and O–H groups in total. The maximum Gasteiger partial charge on any atom is 0.151 e. The van der Waals surface area contributed by atoms with Gasteiger partial charge in [0.15, 0.2) is 6.10 Å². The predicted molar refractivity (Wildman–Crippen MR) is 120 cm³/mol. The van der Waals surface area contributed by atoms with Crippen molar-refractivity contribution in [1.29, 1.82) is 0 Å². The summed E-state index contributed by atoms with van der Waals surface area (Å²) < 4.78 is 6.85. The van der Waals surface area contributed by atoms with Gasteiger partial charge < -0.3 is 14.8 Å². The average molecular weight is 413 g/mol. The number of aromatic nitrogens is 1. The van der Waals surface area contributed by atoms with E-state index in [9.17, 15) is 5.11 Å². The van der Waals surface area contributed by atoms with Crippen molar-refractivity contribution in [2.75, 3.05) is 13.1 Å². The fourth-order valence-electron chi connectivity index (χ4n) is 7.72. The Kier molecular flexibility index (Phi) is 2.99. The minimum atomic E-state index is -0.797. The van der Waals surface area contributed by atoms with E-state index in [1.165, 1.54) is 46.2 Å². The van der Waals surface area contributed by atoms with E-state index < -0.39 is 5.60 Å². The van der Waals surface area contributed by atoms with Crippen LogP contribution in [0.2, 0.25) is 0 Å². The molecule has 1 saturated carbocycles. The van der Waals surface area contributed by atoms with Crippen molar-refractivity contribution in [1.82, 2.24) is 9.88 Å². The third-order valence-electron chi connectivity index (χ3n) is 9.29. The van der Waals surface area contributed by atoms with Gasteiger partial charge in [0, 0.05) is 35.5 Å². The molecule has 1 aromatic heterocycles. The smallest absolute Gasteiger partial charge is 0.151 e. The number of rotatable bonds is 2. The second-order valence-electron chi connectivity index (χ2n) is 10.8. The van der Waals surface area contributed by atoms with E-state index in [1.54, 1.807) is 0 Å². The molecule has 0 radical (unpaired) electrons. The number of fused-ring (bicyclic) bond motifs is 4. The van der Waals surface area contributed by atoms with Gasteiger partial charge in [-0.3, -0.25) is 4.90 Å². The quantitative estimate of drug-likeness (QED) is 0.664. The number of benzene rings is 2. The summed E-state index contributed by atoms with van der Waals surface area (Å²) in [4.78, 5) is 6.36. The number of aromatic amines is 1. The van der Waals surface area contributed by atoms with Crippen molar-refractivity contribution in [3.05, 3.63) is 64.3 Å². The number of nitrogens with one attached hydrogen (secondary N) is 1. The Bertz CT molecular complexity index is 1270. The van der Waals surface area contributed by atoms with Crippen molar-refractivity contribution in [3.8, 4) is 5.75 Å². The Labute approximate surface area is 182 Å². The van der Waals surface area contributed by atoms with Crippen LogP contribution in [0.3, 0.4) is 0 Å². The first-order chi connectivity index (χ1) is 15.1. The summed E-state index contributed by atoms with van der Waals surface area (Å²) in [7, 11) is 0. The summed E-state index contributed by atoms with van der Waals surface area (Å²) in [5, 5.41) is 14.0. The number of hydrogen-bond donors (Lipinski definition) is 2. The minimum absolute atomic E-state index is 0.130. The largest absolute Gasteiger partial charge is 0.483 e. The molecule has 3 aromatic rings. The Balaban J connectivity index is 1.43. The number of ether oxygens (including phenoxy) is 1. The summed E-state index contributed by atoms with van der Waals surface area (Å²) in [6.07, 6.45) is 5.19. The molecule has 31 heavy (non-hydrogen) atoms. The zero-order valence-electron chi connectivity index (χ0n) is 17.9. The highest BCUT2D eigenvalue weighted by atomic mass is 16.5. The van der Waals surface area contributed by atoms with Crippen LogP contribution in [0, 0.1) is 12.8 Å². The normalized spacial score (nSPS) is 35.0. The molecule has 4 atom stereocenters.